The Kier molecular flexibility index (Phi) is 8.05. The molecule has 1 fully saturated rings. The van der Waals surface area contributed by atoms with Crippen molar-refractivity contribution in [1.82, 2.24) is 0 Å². The van der Waals surface area contributed by atoms with Gasteiger partial charge in [-0.2, -0.15) is 0 Å². The number of benzene rings is 3. The highest BCUT2D eigenvalue weighted by Crippen LogP contribution is 2.43. The molecule has 1 aliphatic carbocycles. The number of aryl methyl sites for hydroxylation is 2. The molecule has 0 unspecified atom stereocenters. The topological polar surface area (TPSA) is 0 Å². The molecule has 0 nitrogen and oxygen atoms in total. The molecule has 3 aromatic rings. The molecule has 0 spiro atoms. The van der Waals surface area contributed by atoms with Gasteiger partial charge in [0.25, 0.3) is 0 Å². The maximum absolute atomic E-state index is 2.43. The first-order valence-electron chi connectivity index (χ1n) is 15.0. The first kappa shape index (κ1) is 28.7. The number of hydrogen-bond donors (Lipinski definition) is 0. The van der Waals surface area contributed by atoms with Gasteiger partial charge in [0.1, 0.15) is 0 Å². The fourth-order valence-electron chi connectivity index (χ4n) is 7.64. The van der Waals surface area contributed by atoms with E-state index >= 15 is 0 Å². The second-order valence-electron chi connectivity index (χ2n) is 13.0. The zero-order chi connectivity index (χ0) is 28.2. The minimum absolute atomic E-state index is 0.745. The summed E-state index contributed by atoms with van der Waals surface area (Å²) in [7, 11) is 0. The largest absolute Gasteiger partial charge is 0.0625 e. The molecule has 1 aliphatic rings. The van der Waals surface area contributed by atoms with E-state index in [0.717, 1.165) is 18.3 Å². The maximum Gasteiger partial charge on any atom is -0.00149 e. The van der Waals surface area contributed by atoms with E-state index in [1.807, 2.05) is 0 Å². The smallest absolute Gasteiger partial charge is 0.00149 e. The normalized spacial score (nSPS) is 17.8. The Hall–Kier alpha value is -2.34. The lowest BCUT2D eigenvalue weighted by Gasteiger charge is -2.31. The standard InChI is InChI=1S/C38H52/c1-20-14-16-33(17-15-20)36-29(10)25(6)34(26(7)30(36)11)19-35-27(8)31(12)38(32(13)28(35)9)37-23(4)21(2)18-22(3)24(37)5/h18,20,33H,14-17,19H2,1-13H3. The Bertz CT molecular complexity index is 1320. The molecule has 0 N–H and O–H groups in total. The lowest BCUT2D eigenvalue weighted by Crippen LogP contribution is -2.16. The Balaban J connectivity index is 1.85. The molecule has 0 saturated heterocycles. The summed E-state index contributed by atoms with van der Waals surface area (Å²) in [6, 6.07) is 2.35. The number of hydrogen-bond acceptors (Lipinski definition) is 0. The van der Waals surface area contributed by atoms with E-state index in [1.54, 1.807) is 22.3 Å². The minimum Gasteiger partial charge on any atom is -0.0625 e. The van der Waals surface area contributed by atoms with Gasteiger partial charge in [-0.3, -0.25) is 0 Å². The zero-order valence-electron chi connectivity index (χ0n) is 26.8. The van der Waals surface area contributed by atoms with Crippen molar-refractivity contribution in [1.29, 1.82) is 0 Å². The van der Waals surface area contributed by atoms with Gasteiger partial charge in [0.15, 0.2) is 0 Å². The van der Waals surface area contributed by atoms with Crippen LogP contribution in [0.4, 0.5) is 0 Å². The van der Waals surface area contributed by atoms with Crippen molar-refractivity contribution in [2.24, 2.45) is 5.92 Å². The highest BCUT2D eigenvalue weighted by molar-refractivity contribution is 5.81. The van der Waals surface area contributed by atoms with E-state index in [1.165, 1.54) is 98.0 Å². The molecule has 3 aromatic carbocycles. The van der Waals surface area contributed by atoms with Crippen LogP contribution in [-0.4, -0.2) is 0 Å². The van der Waals surface area contributed by atoms with E-state index in [0.29, 0.717) is 0 Å². The van der Waals surface area contributed by atoms with Crippen LogP contribution in [0.1, 0.15) is 122 Å². The van der Waals surface area contributed by atoms with Crippen molar-refractivity contribution >= 4 is 0 Å². The van der Waals surface area contributed by atoms with Crippen molar-refractivity contribution in [3.63, 3.8) is 0 Å². The van der Waals surface area contributed by atoms with Crippen LogP contribution >= 0.6 is 0 Å². The van der Waals surface area contributed by atoms with Gasteiger partial charge in [0.05, 0.1) is 0 Å². The second-order valence-corrected chi connectivity index (χ2v) is 13.0. The fraction of sp³-hybridized carbons (Fsp3) is 0.526. The van der Waals surface area contributed by atoms with Gasteiger partial charge in [0.2, 0.25) is 0 Å². The van der Waals surface area contributed by atoms with Crippen molar-refractivity contribution in [2.75, 3.05) is 0 Å². The molecule has 0 amide bonds. The van der Waals surface area contributed by atoms with E-state index in [2.05, 4.69) is 96.1 Å². The summed E-state index contributed by atoms with van der Waals surface area (Å²) in [5.41, 5.74) is 25.4. The predicted molar refractivity (Wildman–Crippen MR) is 168 cm³/mol. The summed E-state index contributed by atoms with van der Waals surface area (Å²) in [5, 5.41) is 0. The summed E-state index contributed by atoms with van der Waals surface area (Å²) < 4.78 is 0. The van der Waals surface area contributed by atoms with Crippen LogP contribution in [0.3, 0.4) is 0 Å². The minimum atomic E-state index is 0.745. The average Bonchev–Trinajstić information content (AvgIpc) is 2.88. The van der Waals surface area contributed by atoms with Gasteiger partial charge in [-0.25, -0.2) is 0 Å². The highest BCUT2D eigenvalue weighted by Gasteiger charge is 2.26. The van der Waals surface area contributed by atoms with E-state index in [4.69, 9.17) is 0 Å². The van der Waals surface area contributed by atoms with Crippen LogP contribution in [0.2, 0.25) is 0 Å². The van der Waals surface area contributed by atoms with Gasteiger partial charge in [-0.15, -0.1) is 0 Å². The molecule has 0 aliphatic heterocycles. The van der Waals surface area contributed by atoms with Crippen LogP contribution in [0.15, 0.2) is 6.07 Å². The highest BCUT2D eigenvalue weighted by atomic mass is 14.3. The van der Waals surface area contributed by atoms with Crippen LogP contribution in [0, 0.1) is 89.0 Å². The van der Waals surface area contributed by atoms with Crippen LogP contribution in [0.5, 0.6) is 0 Å². The molecule has 0 bridgehead atoms. The van der Waals surface area contributed by atoms with Crippen molar-refractivity contribution in [3.8, 4) is 11.1 Å². The Morgan fingerprint density at radius 3 is 1.26 bits per heavy atom. The monoisotopic (exact) mass is 508 g/mol. The summed E-state index contributed by atoms with van der Waals surface area (Å²) in [5.74, 6) is 1.64. The van der Waals surface area contributed by atoms with E-state index < -0.39 is 0 Å². The first-order chi connectivity index (χ1) is 17.8. The Labute approximate surface area is 234 Å². The lowest BCUT2D eigenvalue weighted by atomic mass is 9.73. The summed E-state index contributed by atoms with van der Waals surface area (Å²) in [6.07, 6.45) is 6.51. The molecule has 1 saturated carbocycles. The second kappa shape index (κ2) is 10.7. The van der Waals surface area contributed by atoms with Gasteiger partial charge < -0.3 is 0 Å². The molecular weight excluding hydrogens is 456 g/mol. The van der Waals surface area contributed by atoms with E-state index in [-0.39, 0.29) is 0 Å². The third-order valence-corrected chi connectivity index (χ3v) is 11.0. The Morgan fingerprint density at radius 2 is 0.842 bits per heavy atom. The van der Waals surface area contributed by atoms with Crippen LogP contribution < -0.4 is 0 Å². The van der Waals surface area contributed by atoms with Gasteiger partial charge >= 0.3 is 0 Å². The zero-order valence-corrected chi connectivity index (χ0v) is 26.8. The predicted octanol–water partition coefficient (Wildman–Crippen LogP) is 10.9. The summed E-state index contributed by atoms with van der Waals surface area (Å²) in [4.78, 5) is 0. The lowest BCUT2D eigenvalue weighted by molar-refractivity contribution is 0.346. The average molecular weight is 509 g/mol. The molecule has 0 heterocycles. The fourth-order valence-corrected chi connectivity index (χ4v) is 7.64. The molecule has 0 atom stereocenters. The molecular formula is C38H52. The summed E-state index contributed by atoms with van der Waals surface area (Å²) >= 11 is 0. The molecule has 0 aromatic heterocycles. The third kappa shape index (κ3) is 4.67. The number of rotatable bonds is 4. The molecule has 4 rings (SSSR count). The quantitative estimate of drug-likeness (QED) is 0.329. The molecule has 0 radical (unpaired) electrons. The van der Waals surface area contributed by atoms with Crippen molar-refractivity contribution < 1.29 is 0 Å². The van der Waals surface area contributed by atoms with Crippen LogP contribution in [-0.2, 0) is 6.42 Å². The third-order valence-electron chi connectivity index (χ3n) is 11.0. The molecule has 204 valence electrons. The van der Waals surface area contributed by atoms with Crippen molar-refractivity contribution in [3.05, 3.63) is 89.5 Å². The van der Waals surface area contributed by atoms with Crippen LogP contribution in [0.25, 0.3) is 11.1 Å². The van der Waals surface area contributed by atoms with Crippen molar-refractivity contribution in [2.45, 2.75) is 128 Å². The van der Waals surface area contributed by atoms with Gasteiger partial charge in [-0.1, -0.05) is 25.8 Å². The SMILES string of the molecule is Cc1cc(C)c(C)c(-c2c(C)c(C)c(Cc3c(C)c(C)c(C4CCC(C)CC4)c(C)c3C)c(C)c2C)c1C. The first-order valence-corrected chi connectivity index (χ1v) is 15.0. The van der Waals surface area contributed by atoms with E-state index in [9.17, 15) is 0 Å². The Morgan fingerprint density at radius 1 is 0.474 bits per heavy atom. The molecule has 0 heteroatoms. The van der Waals surface area contributed by atoms with Gasteiger partial charge in [0, 0.05) is 0 Å². The summed E-state index contributed by atoms with van der Waals surface area (Å²) in [6.45, 7) is 30.6. The maximum atomic E-state index is 2.43. The van der Waals surface area contributed by atoms with Gasteiger partial charge in [-0.05, 0) is 209 Å². The molecule has 38 heavy (non-hydrogen) atoms.